The molecule has 0 aromatic heterocycles. The maximum Gasteiger partial charge on any atom is 0.232 e. The van der Waals surface area contributed by atoms with Crippen LogP contribution >= 0.6 is 15.9 Å². The molecule has 19 heavy (non-hydrogen) atoms. The Morgan fingerprint density at radius 1 is 1.16 bits per heavy atom. The van der Waals surface area contributed by atoms with Gasteiger partial charge >= 0.3 is 0 Å². The van der Waals surface area contributed by atoms with E-state index in [0.29, 0.717) is 0 Å². The SMILES string of the molecule is O=C(Nc1ccc(CBr)cc1)C1Cc2ccccc21. The van der Waals surface area contributed by atoms with E-state index in [1.807, 2.05) is 42.5 Å². The topological polar surface area (TPSA) is 29.1 Å². The summed E-state index contributed by atoms with van der Waals surface area (Å²) < 4.78 is 0. The minimum absolute atomic E-state index is 0.00653. The molecule has 1 N–H and O–H groups in total. The highest BCUT2D eigenvalue weighted by atomic mass is 79.9. The van der Waals surface area contributed by atoms with Crippen molar-refractivity contribution in [1.82, 2.24) is 0 Å². The minimum Gasteiger partial charge on any atom is -0.326 e. The van der Waals surface area contributed by atoms with Gasteiger partial charge in [0.25, 0.3) is 0 Å². The summed E-state index contributed by atoms with van der Waals surface area (Å²) in [7, 11) is 0. The van der Waals surface area contributed by atoms with Crippen molar-refractivity contribution < 1.29 is 4.79 Å². The van der Waals surface area contributed by atoms with Crippen molar-refractivity contribution >= 4 is 27.5 Å². The first-order chi connectivity index (χ1) is 9.28. The van der Waals surface area contributed by atoms with E-state index in [-0.39, 0.29) is 11.8 Å². The van der Waals surface area contributed by atoms with Crippen LogP contribution in [0.25, 0.3) is 0 Å². The van der Waals surface area contributed by atoms with Gasteiger partial charge in [-0.3, -0.25) is 4.79 Å². The lowest BCUT2D eigenvalue weighted by Gasteiger charge is -2.28. The van der Waals surface area contributed by atoms with Crippen LogP contribution in [0.4, 0.5) is 5.69 Å². The molecule has 1 aliphatic rings. The summed E-state index contributed by atoms with van der Waals surface area (Å²) in [6.45, 7) is 0. The van der Waals surface area contributed by atoms with Crippen LogP contribution in [0.5, 0.6) is 0 Å². The zero-order valence-electron chi connectivity index (χ0n) is 10.4. The monoisotopic (exact) mass is 315 g/mol. The van der Waals surface area contributed by atoms with Crippen molar-refractivity contribution in [2.45, 2.75) is 17.7 Å². The summed E-state index contributed by atoms with van der Waals surface area (Å²) in [5, 5.41) is 3.81. The molecular weight excluding hydrogens is 302 g/mol. The molecule has 1 aliphatic carbocycles. The predicted octanol–water partition coefficient (Wildman–Crippen LogP) is 3.86. The number of alkyl halides is 1. The van der Waals surface area contributed by atoms with E-state index in [2.05, 4.69) is 27.3 Å². The summed E-state index contributed by atoms with van der Waals surface area (Å²) >= 11 is 3.41. The number of hydrogen-bond donors (Lipinski definition) is 1. The van der Waals surface area contributed by atoms with Gasteiger partial charge in [0.1, 0.15) is 0 Å². The highest BCUT2D eigenvalue weighted by Gasteiger charge is 2.31. The van der Waals surface area contributed by atoms with Gasteiger partial charge in [-0.1, -0.05) is 52.3 Å². The molecule has 2 aromatic rings. The number of anilines is 1. The van der Waals surface area contributed by atoms with Crippen LogP contribution in [0, 0.1) is 0 Å². The number of nitrogens with one attached hydrogen (secondary N) is 1. The van der Waals surface area contributed by atoms with Crippen molar-refractivity contribution in [3.63, 3.8) is 0 Å². The number of carbonyl (C=O) groups is 1. The number of carbonyl (C=O) groups excluding carboxylic acids is 1. The molecule has 3 heteroatoms. The summed E-state index contributed by atoms with van der Waals surface area (Å²) in [5.74, 6) is 0.0948. The van der Waals surface area contributed by atoms with Gasteiger partial charge < -0.3 is 5.32 Å². The van der Waals surface area contributed by atoms with Crippen LogP contribution in [0.1, 0.15) is 22.6 Å². The lowest BCUT2D eigenvalue weighted by Crippen LogP contribution is -2.30. The Morgan fingerprint density at radius 2 is 1.89 bits per heavy atom. The van der Waals surface area contributed by atoms with Crippen LogP contribution in [0.2, 0.25) is 0 Å². The van der Waals surface area contributed by atoms with Gasteiger partial charge in [0.2, 0.25) is 5.91 Å². The fourth-order valence-corrected chi connectivity index (χ4v) is 2.77. The molecule has 0 radical (unpaired) electrons. The fourth-order valence-electron chi connectivity index (χ4n) is 2.40. The smallest absolute Gasteiger partial charge is 0.232 e. The molecule has 2 nitrogen and oxygen atoms in total. The summed E-state index contributed by atoms with van der Waals surface area (Å²) in [5.41, 5.74) is 4.51. The molecular formula is C16H14BrNO. The van der Waals surface area contributed by atoms with E-state index in [1.165, 1.54) is 11.1 Å². The minimum atomic E-state index is 0.00653. The van der Waals surface area contributed by atoms with Gasteiger partial charge in [-0.2, -0.15) is 0 Å². The normalized spacial score (nSPS) is 16.4. The first-order valence-electron chi connectivity index (χ1n) is 6.31. The van der Waals surface area contributed by atoms with E-state index in [1.54, 1.807) is 0 Å². The molecule has 0 bridgehead atoms. The highest BCUT2D eigenvalue weighted by Crippen LogP contribution is 2.35. The number of fused-ring (bicyclic) bond motifs is 1. The van der Waals surface area contributed by atoms with Crippen LogP contribution in [0.15, 0.2) is 48.5 Å². The van der Waals surface area contributed by atoms with Gasteiger partial charge in [-0.25, -0.2) is 0 Å². The number of amides is 1. The van der Waals surface area contributed by atoms with Crippen molar-refractivity contribution in [2.24, 2.45) is 0 Å². The Morgan fingerprint density at radius 3 is 2.58 bits per heavy atom. The second-order valence-corrected chi connectivity index (χ2v) is 5.34. The van der Waals surface area contributed by atoms with Crippen LogP contribution in [-0.2, 0) is 16.5 Å². The number of hydrogen-bond acceptors (Lipinski definition) is 1. The maximum atomic E-state index is 12.2. The number of halogens is 1. The molecule has 0 aliphatic heterocycles. The summed E-state index contributed by atoms with van der Waals surface area (Å²) in [6.07, 6.45) is 0.849. The van der Waals surface area contributed by atoms with E-state index in [4.69, 9.17) is 0 Å². The van der Waals surface area contributed by atoms with Gasteiger partial charge in [-0.05, 0) is 35.2 Å². The predicted molar refractivity (Wildman–Crippen MR) is 80.6 cm³/mol. The first-order valence-corrected chi connectivity index (χ1v) is 7.43. The molecule has 0 heterocycles. The molecule has 1 unspecified atom stereocenters. The second-order valence-electron chi connectivity index (χ2n) is 4.78. The number of rotatable bonds is 3. The van der Waals surface area contributed by atoms with E-state index in [9.17, 15) is 4.79 Å². The molecule has 3 rings (SSSR count). The highest BCUT2D eigenvalue weighted by molar-refractivity contribution is 9.08. The third-order valence-corrected chi connectivity index (χ3v) is 4.19. The molecule has 0 saturated heterocycles. The Balaban J connectivity index is 1.69. The van der Waals surface area contributed by atoms with Gasteiger partial charge in [-0.15, -0.1) is 0 Å². The van der Waals surface area contributed by atoms with E-state index >= 15 is 0 Å². The zero-order valence-corrected chi connectivity index (χ0v) is 12.0. The van der Waals surface area contributed by atoms with Crippen molar-refractivity contribution in [2.75, 3.05) is 5.32 Å². The maximum absolute atomic E-state index is 12.2. The van der Waals surface area contributed by atoms with Crippen molar-refractivity contribution in [3.05, 3.63) is 65.2 Å². The average Bonchev–Trinajstić information content (AvgIpc) is 2.41. The Hall–Kier alpha value is -1.61. The van der Waals surface area contributed by atoms with Gasteiger partial charge in [0.05, 0.1) is 5.92 Å². The standard InChI is InChI=1S/C16H14BrNO/c17-10-11-5-7-13(8-6-11)18-16(19)15-9-12-3-1-2-4-14(12)15/h1-8,15H,9-10H2,(H,18,19). The van der Waals surface area contributed by atoms with Crippen LogP contribution in [-0.4, -0.2) is 5.91 Å². The Kier molecular flexibility index (Phi) is 3.38. The lowest BCUT2D eigenvalue weighted by molar-refractivity contribution is -0.118. The zero-order chi connectivity index (χ0) is 13.2. The first kappa shape index (κ1) is 12.4. The molecule has 0 spiro atoms. The van der Waals surface area contributed by atoms with E-state index < -0.39 is 0 Å². The largest absolute Gasteiger partial charge is 0.326 e. The summed E-state index contributed by atoms with van der Waals surface area (Å²) in [6, 6.07) is 16.0. The summed E-state index contributed by atoms with van der Waals surface area (Å²) in [4.78, 5) is 12.2. The van der Waals surface area contributed by atoms with Crippen LogP contribution < -0.4 is 5.32 Å². The lowest BCUT2D eigenvalue weighted by atomic mass is 9.77. The Bertz CT molecular complexity index is 606. The molecule has 1 atom stereocenters. The molecule has 0 saturated carbocycles. The Labute approximate surface area is 121 Å². The van der Waals surface area contributed by atoms with Gasteiger partial charge in [0, 0.05) is 11.0 Å². The van der Waals surface area contributed by atoms with Crippen molar-refractivity contribution in [1.29, 1.82) is 0 Å². The quantitative estimate of drug-likeness (QED) is 0.856. The third-order valence-electron chi connectivity index (χ3n) is 3.55. The molecule has 0 fully saturated rings. The third kappa shape index (κ3) is 2.43. The second kappa shape index (κ2) is 5.17. The molecule has 96 valence electrons. The fraction of sp³-hybridized carbons (Fsp3) is 0.188. The molecule has 1 amide bonds. The van der Waals surface area contributed by atoms with Gasteiger partial charge in [0.15, 0.2) is 0 Å². The van der Waals surface area contributed by atoms with Crippen molar-refractivity contribution in [3.8, 4) is 0 Å². The average molecular weight is 316 g/mol. The number of benzene rings is 2. The van der Waals surface area contributed by atoms with E-state index in [0.717, 1.165) is 23.0 Å². The van der Waals surface area contributed by atoms with Crippen LogP contribution in [0.3, 0.4) is 0 Å². The molecule has 2 aromatic carbocycles.